The molecular weight excluding hydrogens is 582 g/mol. The lowest BCUT2D eigenvalue weighted by molar-refractivity contribution is -0.149. The van der Waals surface area contributed by atoms with Crippen LogP contribution in [0.2, 0.25) is 0 Å². The standard InChI is InChI=1S/C24H32FN6O10P/c1-12(2)38-21(33)13(3)30-42(34,35)41-40-15-9-7-6-8-14(15)37-10-16-18(32)24(4,25)22(39-16)31-11-27-17-19(31)28-23(26)29-20(17)36-5/h6-9,11-13,16,18,22,32H,10H2,1-5H3,(H2,26,28,29)(H2,30,34,35)/t13-,16+,18+,22+,24+/m0/s1. The van der Waals surface area contributed by atoms with Crippen molar-refractivity contribution in [2.75, 3.05) is 19.5 Å². The first-order chi connectivity index (χ1) is 19.7. The van der Waals surface area contributed by atoms with Crippen LogP contribution >= 0.6 is 7.75 Å². The van der Waals surface area contributed by atoms with E-state index in [9.17, 15) is 19.4 Å². The Balaban J connectivity index is 1.43. The van der Waals surface area contributed by atoms with E-state index in [1.165, 1.54) is 43.1 Å². The monoisotopic (exact) mass is 614 g/mol. The number of carbonyl (C=O) groups excluding carboxylic acids is 1. The lowest BCUT2D eigenvalue weighted by Gasteiger charge is -2.24. The maximum absolute atomic E-state index is 15.9. The molecular formula is C24H32FN6O10P. The smallest absolute Gasteiger partial charge is 0.440 e. The molecule has 3 aromatic rings. The molecule has 0 spiro atoms. The number of nitrogens with two attached hydrogens (primary N) is 1. The molecule has 42 heavy (non-hydrogen) atoms. The number of para-hydroxylation sites is 2. The van der Waals surface area contributed by atoms with Crippen molar-refractivity contribution in [1.29, 1.82) is 0 Å². The SMILES string of the molecule is COc1nc(N)nc2c1ncn2[C@@H]1O[C@H](COc2ccccc2OOP(=O)(O)N[C@@H](C)C(=O)OC(C)C)[C@@H](O)[C@@]1(C)F. The number of alkyl halides is 1. The Morgan fingerprint density at radius 3 is 2.64 bits per heavy atom. The molecule has 16 nitrogen and oxygen atoms in total. The van der Waals surface area contributed by atoms with E-state index in [0.717, 1.165) is 6.92 Å². The molecule has 2 aromatic heterocycles. The lowest BCUT2D eigenvalue weighted by Crippen LogP contribution is -2.41. The highest BCUT2D eigenvalue weighted by Crippen LogP contribution is 2.44. The number of hydrogen-bond donors (Lipinski definition) is 4. The number of rotatable bonds is 12. The first-order valence-electron chi connectivity index (χ1n) is 12.7. The number of halogens is 1. The number of fused-ring (bicyclic) bond motifs is 1. The quantitative estimate of drug-likeness (QED) is 0.0992. The second-order valence-corrected chi connectivity index (χ2v) is 11.3. The predicted molar refractivity (Wildman–Crippen MR) is 143 cm³/mol. The summed E-state index contributed by atoms with van der Waals surface area (Å²) in [4.78, 5) is 39.3. The van der Waals surface area contributed by atoms with Crippen LogP contribution in [0.3, 0.4) is 0 Å². The van der Waals surface area contributed by atoms with E-state index in [4.69, 9.17) is 29.6 Å². The zero-order valence-electron chi connectivity index (χ0n) is 23.3. The molecule has 0 saturated carbocycles. The van der Waals surface area contributed by atoms with Crippen molar-refractivity contribution in [3.63, 3.8) is 0 Å². The summed E-state index contributed by atoms with van der Waals surface area (Å²) in [5, 5.41) is 12.9. The number of esters is 1. The van der Waals surface area contributed by atoms with Gasteiger partial charge in [-0.3, -0.25) is 9.36 Å². The molecule has 3 heterocycles. The van der Waals surface area contributed by atoms with E-state index >= 15 is 4.39 Å². The highest BCUT2D eigenvalue weighted by Gasteiger charge is 2.55. The summed E-state index contributed by atoms with van der Waals surface area (Å²) < 4.78 is 55.9. The van der Waals surface area contributed by atoms with Crippen LogP contribution in [0.1, 0.15) is 33.9 Å². The minimum Gasteiger partial charge on any atom is -0.487 e. The third-order valence-corrected chi connectivity index (χ3v) is 7.10. The van der Waals surface area contributed by atoms with Gasteiger partial charge in [-0.25, -0.2) is 19.0 Å². The van der Waals surface area contributed by atoms with Crippen molar-refractivity contribution >= 4 is 30.8 Å². The molecule has 5 N–H and O–H groups in total. The highest BCUT2D eigenvalue weighted by atomic mass is 31.2. The number of nitrogen functional groups attached to an aromatic ring is 1. The van der Waals surface area contributed by atoms with E-state index in [1.807, 2.05) is 0 Å². The number of aromatic nitrogens is 4. The number of carbonyl (C=O) groups is 1. The Bertz CT molecular complexity index is 1470. The van der Waals surface area contributed by atoms with Gasteiger partial charge in [0.15, 0.2) is 28.8 Å². The molecule has 230 valence electrons. The van der Waals surface area contributed by atoms with Crippen LogP contribution in [-0.4, -0.2) is 79.2 Å². The summed E-state index contributed by atoms with van der Waals surface area (Å²) >= 11 is 0. The predicted octanol–water partition coefficient (Wildman–Crippen LogP) is 1.82. The second kappa shape index (κ2) is 12.3. The van der Waals surface area contributed by atoms with Crippen LogP contribution in [0, 0.1) is 0 Å². The Morgan fingerprint density at radius 2 is 1.98 bits per heavy atom. The van der Waals surface area contributed by atoms with Gasteiger partial charge >= 0.3 is 13.7 Å². The molecule has 0 radical (unpaired) electrons. The van der Waals surface area contributed by atoms with Gasteiger partial charge < -0.3 is 39.6 Å². The Morgan fingerprint density at radius 1 is 1.29 bits per heavy atom. The number of nitrogens with one attached hydrogen (secondary N) is 1. The molecule has 1 unspecified atom stereocenters. The maximum atomic E-state index is 15.9. The van der Waals surface area contributed by atoms with Gasteiger partial charge in [0.2, 0.25) is 17.6 Å². The molecule has 1 aliphatic heterocycles. The largest absolute Gasteiger partial charge is 0.487 e. The number of imidazole rings is 1. The lowest BCUT2D eigenvalue weighted by atomic mass is 9.98. The summed E-state index contributed by atoms with van der Waals surface area (Å²) in [6, 6.07) is 4.74. The number of nitrogens with zero attached hydrogens (tertiary/aromatic N) is 4. The maximum Gasteiger partial charge on any atom is 0.440 e. The third kappa shape index (κ3) is 6.72. The molecule has 6 atom stereocenters. The van der Waals surface area contributed by atoms with Gasteiger partial charge in [-0.1, -0.05) is 16.8 Å². The first-order valence-corrected chi connectivity index (χ1v) is 14.3. The van der Waals surface area contributed by atoms with Crippen molar-refractivity contribution in [2.24, 2.45) is 0 Å². The Kier molecular flexibility index (Phi) is 9.20. The normalized spacial score (nSPS) is 24.4. The minimum absolute atomic E-state index is 0.0166. The van der Waals surface area contributed by atoms with Crippen molar-refractivity contribution in [2.45, 2.75) is 63.9 Å². The number of ether oxygens (including phenoxy) is 4. The fraction of sp³-hybridized carbons (Fsp3) is 0.500. The molecule has 18 heteroatoms. The van der Waals surface area contributed by atoms with E-state index < -0.39 is 50.0 Å². The van der Waals surface area contributed by atoms with Gasteiger partial charge in [-0.15, -0.1) is 0 Å². The molecule has 0 bridgehead atoms. The number of methoxy groups -OCH3 is 1. The van der Waals surface area contributed by atoms with Crippen molar-refractivity contribution < 1.29 is 52.3 Å². The number of hydrogen-bond acceptors (Lipinski definition) is 13. The van der Waals surface area contributed by atoms with Crippen LogP contribution < -0.4 is 25.2 Å². The fourth-order valence-corrected chi connectivity index (χ4v) is 4.94. The number of benzene rings is 1. The summed E-state index contributed by atoms with van der Waals surface area (Å²) in [5.41, 5.74) is 3.78. The molecule has 4 rings (SSSR count). The topological polar surface area (TPSA) is 212 Å². The molecule has 1 saturated heterocycles. The van der Waals surface area contributed by atoms with E-state index in [0.29, 0.717) is 0 Å². The van der Waals surface area contributed by atoms with Crippen LogP contribution in [-0.2, 0) is 23.5 Å². The molecule has 1 fully saturated rings. The summed E-state index contributed by atoms with van der Waals surface area (Å²) in [7, 11) is -3.27. The Labute approximate surface area is 239 Å². The zero-order chi connectivity index (χ0) is 30.8. The number of anilines is 1. The van der Waals surface area contributed by atoms with Gasteiger partial charge in [0.1, 0.15) is 24.9 Å². The molecule has 1 aromatic carbocycles. The average Bonchev–Trinajstić information content (AvgIpc) is 3.43. The molecule has 0 amide bonds. The fourth-order valence-electron chi connectivity index (χ4n) is 4.13. The molecule has 1 aliphatic rings. The van der Waals surface area contributed by atoms with Gasteiger partial charge in [-0.2, -0.15) is 9.97 Å². The number of aliphatic hydroxyl groups is 1. The van der Waals surface area contributed by atoms with Crippen molar-refractivity contribution in [3.8, 4) is 17.4 Å². The third-order valence-electron chi connectivity index (χ3n) is 6.11. The second-order valence-electron chi connectivity index (χ2n) is 9.81. The van der Waals surface area contributed by atoms with Crippen LogP contribution in [0.25, 0.3) is 11.2 Å². The van der Waals surface area contributed by atoms with Gasteiger partial charge in [-0.05, 0) is 39.8 Å². The summed E-state index contributed by atoms with van der Waals surface area (Å²) in [6.07, 6.45) is -3.37. The summed E-state index contributed by atoms with van der Waals surface area (Å²) in [6.45, 7) is 5.37. The summed E-state index contributed by atoms with van der Waals surface area (Å²) in [5.74, 6) is -0.924. The average molecular weight is 615 g/mol. The number of aliphatic hydroxyl groups excluding tert-OH is 1. The van der Waals surface area contributed by atoms with Gasteiger partial charge in [0.25, 0.3) is 0 Å². The molecule has 0 aliphatic carbocycles. The zero-order valence-corrected chi connectivity index (χ0v) is 24.2. The highest BCUT2D eigenvalue weighted by molar-refractivity contribution is 7.50. The van der Waals surface area contributed by atoms with E-state index in [-0.39, 0.29) is 41.1 Å². The first kappa shape index (κ1) is 31.3. The van der Waals surface area contributed by atoms with Crippen LogP contribution in [0.5, 0.6) is 17.4 Å². The minimum atomic E-state index is -4.64. The van der Waals surface area contributed by atoms with Gasteiger partial charge in [0.05, 0.1) is 19.5 Å². The van der Waals surface area contributed by atoms with E-state index in [2.05, 4.69) is 24.7 Å². The van der Waals surface area contributed by atoms with Crippen molar-refractivity contribution in [1.82, 2.24) is 24.6 Å². The van der Waals surface area contributed by atoms with E-state index in [1.54, 1.807) is 19.9 Å². The van der Waals surface area contributed by atoms with Gasteiger partial charge in [0, 0.05) is 0 Å². The Hall–Kier alpha value is -3.60. The van der Waals surface area contributed by atoms with Crippen LogP contribution in [0.4, 0.5) is 10.3 Å². The van der Waals surface area contributed by atoms with Crippen LogP contribution in [0.15, 0.2) is 30.6 Å². The van der Waals surface area contributed by atoms with Crippen molar-refractivity contribution in [3.05, 3.63) is 30.6 Å².